The Hall–Kier alpha value is -2.26. The van der Waals surface area contributed by atoms with Crippen molar-refractivity contribution >= 4 is 5.82 Å². The monoisotopic (exact) mass is 478 g/mol. The molecule has 0 spiro atoms. The first kappa shape index (κ1) is 23.5. The average molecular weight is 479 g/mol. The highest BCUT2D eigenvalue weighted by atomic mass is 19.4. The lowest BCUT2D eigenvalue weighted by Crippen LogP contribution is -2.32. The van der Waals surface area contributed by atoms with Crippen LogP contribution in [0.5, 0.6) is 0 Å². The highest BCUT2D eigenvalue weighted by Crippen LogP contribution is 2.42. The van der Waals surface area contributed by atoms with Crippen LogP contribution in [-0.2, 0) is 10.9 Å². The van der Waals surface area contributed by atoms with E-state index in [2.05, 4.69) is 20.4 Å². The summed E-state index contributed by atoms with van der Waals surface area (Å²) in [6, 6.07) is 4.90. The van der Waals surface area contributed by atoms with Crippen LogP contribution in [0.25, 0.3) is 11.3 Å². The predicted molar refractivity (Wildman–Crippen MR) is 121 cm³/mol. The van der Waals surface area contributed by atoms with Gasteiger partial charge in [0.25, 0.3) is 0 Å². The molecular weight excluding hydrogens is 448 g/mol. The highest BCUT2D eigenvalue weighted by Gasteiger charge is 2.43. The van der Waals surface area contributed by atoms with Gasteiger partial charge < -0.3 is 15.0 Å². The van der Waals surface area contributed by atoms with Gasteiger partial charge in [0.2, 0.25) is 0 Å². The molecule has 0 bridgehead atoms. The summed E-state index contributed by atoms with van der Waals surface area (Å²) in [6.07, 6.45) is -0.708. The Kier molecular flexibility index (Phi) is 6.50. The second-order valence-corrected chi connectivity index (χ2v) is 10.1. The molecule has 1 aliphatic carbocycles. The smallest absolute Gasteiger partial charge is 0.381 e. The van der Waals surface area contributed by atoms with Crippen molar-refractivity contribution in [1.29, 1.82) is 0 Å². The Balaban J connectivity index is 1.26. The molecule has 1 aromatic heterocycles. The van der Waals surface area contributed by atoms with E-state index in [4.69, 9.17) is 4.74 Å². The van der Waals surface area contributed by atoms with Gasteiger partial charge in [-0.3, -0.25) is 0 Å². The summed E-state index contributed by atoms with van der Waals surface area (Å²) < 4.78 is 60.9. The van der Waals surface area contributed by atoms with Crippen LogP contribution >= 0.6 is 0 Å². The van der Waals surface area contributed by atoms with Crippen LogP contribution in [0.4, 0.5) is 23.4 Å². The molecule has 1 aromatic carbocycles. The third-order valence-electron chi connectivity index (χ3n) is 7.60. The lowest BCUT2D eigenvalue weighted by molar-refractivity contribution is -0.137. The Morgan fingerprint density at radius 1 is 1.06 bits per heavy atom. The minimum Gasteiger partial charge on any atom is -0.381 e. The van der Waals surface area contributed by atoms with Crippen LogP contribution < -0.4 is 5.32 Å². The number of nitrogens with one attached hydrogen (secondary N) is 1. The molecule has 2 atom stereocenters. The zero-order valence-corrected chi connectivity index (χ0v) is 19.2. The number of ether oxygens (including phenoxy) is 1. The summed E-state index contributed by atoms with van der Waals surface area (Å²) >= 11 is 0. The number of nitrogens with zero attached hydrogens (tertiary/aromatic N) is 3. The third-order valence-corrected chi connectivity index (χ3v) is 7.60. The van der Waals surface area contributed by atoms with Crippen molar-refractivity contribution in [3.05, 3.63) is 41.2 Å². The molecule has 3 fully saturated rings. The maximum atomic E-state index is 13.9. The van der Waals surface area contributed by atoms with Crippen molar-refractivity contribution in [2.24, 2.45) is 17.8 Å². The normalized spacial score (nSPS) is 24.5. The van der Waals surface area contributed by atoms with Crippen LogP contribution in [0.2, 0.25) is 0 Å². The second-order valence-electron chi connectivity index (χ2n) is 10.1. The predicted octanol–water partition coefficient (Wildman–Crippen LogP) is 5.16. The molecule has 2 aliphatic heterocycles. The van der Waals surface area contributed by atoms with Gasteiger partial charge in [0.05, 0.1) is 5.69 Å². The molecule has 5 rings (SSSR count). The van der Waals surface area contributed by atoms with Crippen molar-refractivity contribution in [3.63, 3.8) is 0 Å². The standard InChI is InChI=1S/C25H30F4N4O/c1-15-2-3-19(26)10-21(15)23-11-22(25(27,28)29)24(32-31-23)30-20-8-17-13-33(14-18(17)9-20)12-16-4-6-34-7-5-16/h2-3,10-11,16-18,20H,4-9,12-14H2,1H3,(H,30,32)/t17-,18-/m1/s1. The second kappa shape index (κ2) is 9.41. The van der Waals surface area contributed by atoms with E-state index in [1.54, 1.807) is 6.92 Å². The Morgan fingerprint density at radius 2 is 1.76 bits per heavy atom. The fourth-order valence-electron chi connectivity index (χ4n) is 5.87. The number of hydrogen-bond donors (Lipinski definition) is 1. The summed E-state index contributed by atoms with van der Waals surface area (Å²) in [6.45, 7) is 6.51. The number of hydrogen-bond acceptors (Lipinski definition) is 5. The van der Waals surface area contributed by atoms with E-state index in [1.807, 2.05) is 0 Å². The molecule has 34 heavy (non-hydrogen) atoms. The summed E-state index contributed by atoms with van der Waals surface area (Å²) in [5.74, 6) is 0.907. The summed E-state index contributed by atoms with van der Waals surface area (Å²) in [7, 11) is 0. The van der Waals surface area contributed by atoms with E-state index >= 15 is 0 Å². The molecule has 0 amide bonds. The first-order valence-electron chi connectivity index (χ1n) is 12.0. The molecule has 1 N–H and O–H groups in total. The number of benzene rings is 1. The minimum absolute atomic E-state index is 0.0157. The molecule has 0 radical (unpaired) electrons. The largest absolute Gasteiger partial charge is 0.420 e. The number of alkyl halides is 3. The van der Waals surface area contributed by atoms with Gasteiger partial charge in [-0.25, -0.2) is 4.39 Å². The Morgan fingerprint density at radius 3 is 2.44 bits per heavy atom. The van der Waals surface area contributed by atoms with Gasteiger partial charge in [-0.1, -0.05) is 6.07 Å². The molecule has 0 unspecified atom stereocenters. The van der Waals surface area contributed by atoms with Crippen molar-refractivity contribution in [2.45, 2.75) is 44.8 Å². The SMILES string of the molecule is Cc1ccc(F)cc1-c1cc(C(F)(F)F)c(NC2C[C@@H]3CN(CC4CCOCC4)C[C@H]3C2)nn1. The van der Waals surface area contributed by atoms with Gasteiger partial charge in [0, 0.05) is 44.5 Å². The van der Waals surface area contributed by atoms with Crippen LogP contribution in [0, 0.1) is 30.5 Å². The molecule has 1 saturated carbocycles. The van der Waals surface area contributed by atoms with Crippen molar-refractivity contribution < 1.29 is 22.3 Å². The van der Waals surface area contributed by atoms with E-state index in [9.17, 15) is 17.6 Å². The van der Waals surface area contributed by atoms with Crippen molar-refractivity contribution in [2.75, 3.05) is 38.2 Å². The van der Waals surface area contributed by atoms with Crippen molar-refractivity contribution in [3.8, 4) is 11.3 Å². The van der Waals surface area contributed by atoms with E-state index < -0.39 is 17.6 Å². The number of anilines is 1. The van der Waals surface area contributed by atoms with Gasteiger partial charge in [0.1, 0.15) is 11.4 Å². The number of aryl methyl sites for hydroxylation is 1. The third kappa shape index (κ3) is 5.05. The Bertz CT molecular complexity index is 1010. The van der Waals surface area contributed by atoms with Gasteiger partial charge in [-0.05, 0) is 74.1 Å². The number of likely N-dealkylation sites (tertiary alicyclic amines) is 1. The quantitative estimate of drug-likeness (QED) is 0.602. The fraction of sp³-hybridized carbons (Fsp3) is 0.600. The number of rotatable bonds is 5. The van der Waals surface area contributed by atoms with Gasteiger partial charge in [0.15, 0.2) is 5.82 Å². The van der Waals surface area contributed by atoms with E-state index in [1.165, 1.54) is 18.2 Å². The van der Waals surface area contributed by atoms with Gasteiger partial charge >= 0.3 is 6.18 Å². The van der Waals surface area contributed by atoms with Crippen LogP contribution in [-0.4, -0.2) is 54.0 Å². The Labute approximate surface area is 196 Å². The fourth-order valence-corrected chi connectivity index (χ4v) is 5.87. The highest BCUT2D eigenvalue weighted by molar-refractivity contribution is 5.65. The first-order chi connectivity index (χ1) is 16.3. The number of fused-ring (bicyclic) bond motifs is 1. The average Bonchev–Trinajstić information content (AvgIpc) is 3.33. The molecule has 2 saturated heterocycles. The summed E-state index contributed by atoms with van der Waals surface area (Å²) in [5, 5.41) is 11.0. The van der Waals surface area contributed by atoms with Crippen LogP contribution in [0.1, 0.15) is 36.8 Å². The zero-order chi connectivity index (χ0) is 23.9. The lowest BCUT2D eigenvalue weighted by Gasteiger charge is -2.28. The zero-order valence-electron chi connectivity index (χ0n) is 19.2. The molecule has 184 valence electrons. The molecule has 2 aromatic rings. The maximum absolute atomic E-state index is 13.9. The van der Waals surface area contributed by atoms with Crippen LogP contribution in [0.3, 0.4) is 0 Å². The summed E-state index contributed by atoms with van der Waals surface area (Å²) in [5.41, 5.74) is 0.101. The van der Waals surface area contributed by atoms with Crippen molar-refractivity contribution in [1.82, 2.24) is 15.1 Å². The van der Waals surface area contributed by atoms with E-state index in [0.717, 1.165) is 64.6 Å². The maximum Gasteiger partial charge on any atom is 0.420 e. The van der Waals surface area contributed by atoms with Gasteiger partial charge in [-0.2, -0.15) is 13.2 Å². The molecule has 3 aliphatic rings. The van der Waals surface area contributed by atoms with E-state index in [-0.39, 0.29) is 17.6 Å². The minimum atomic E-state index is -4.59. The topological polar surface area (TPSA) is 50.3 Å². The van der Waals surface area contributed by atoms with Crippen LogP contribution in [0.15, 0.2) is 24.3 Å². The molecule has 9 heteroatoms. The van der Waals surface area contributed by atoms with Gasteiger partial charge in [-0.15, -0.1) is 10.2 Å². The number of halogens is 4. The van der Waals surface area contributed by atoms with E-state index in [0.29, 0.717) is 28.9 Å². The molecule has 3 heterocycles. The lowest BCUT2D eigenvalue weighted by atomic mass is 10.00. The first-order valence-corrected chi connectivity index (χ1v) is 12.0. The number of aromatic nitrogens is 2. The molecule has 5 nitrogen and oxygen atoms in total. The summed E-state index contributed by atoms with van der Waals surface area (Å²) in [4.78, 5) is 2.53. The molecular formula is C25H30F4N4O.